The third-order valence-corrected chi connectivity index (χ3v) is 5.98. The second kappa shape index (κ2) is 9.55. The molecule has 0 atom stereocenters. The molecule has 1 aliphatic carbocycles. The number of carbonyl (C=O) groups excluding carboxylic acids is 1. The Bertz CT molecular complexity index is 772. The minimum absolute atomic E-state index is 0.0955. The second-order valence-electron chi connectivity index (χ2n) is 8.15. The number of carbonyl (C=O) groups is 1. The molecule has 1 amide bonds. The van der Waals surface area contributed by atoms with Crippen molar-refractivity contribution >= 4 is 11.9 Å². The fraction of sp³-hybridized carbons (Fsp3) is 0.636. The molecule has 2 heterocycles. The van der Waals surface area contributed by atoms with Crippen LogP contribution in [0.1, 0.15) is 38.2 Å². The van der Waals surface area contributed by atoms with Crippen molar-refractivity contribution in [3.8, 4) is 11.5 Å². The van der Waals surface area contributed by atoms with Crippen LogP contribution in [0.3, 0.4) is 0 Å². The summed E-state index contributed by atoms with van der Waals surface area (Å²) >= 11 is 0. The summed E-state index contributed by atoms with van der Waals surface area (Å²) in [7, 11) is 0. The highest BCUT2D eigenvalue weighted by Gasteiger charge is 2.35. The standard InChI is InChI=1S/C22H32N4O4/c1-2-23-21(25-10-9-24-20(27)16-3-4-16)26-14-22(7-11-28-12-8-22)17-5-6-18-19(13-17)30-15-29-18/h5-6,13,16H,2-4,7-12,14-15H2,1H3,(H,24,27)(H2,23,25,26). The summed E-state index contributed by atoms with van der Waals surface area (Å²) < 4.78 is 16.7. The van der Waals surface area contributed by atoms with Crippen LogP contribution in [0, 0.1) is 5.92 Å². The maximum atomic E-state index is 11.8. The van der Waals surface area contributed by atoms with Crippen molar-refractivity contribution in [2.45, 2.75) is 38.0 Å². The lowest BCUT2D eigenvalue weighted by molar-refractivity contribution is -0.122. The van der Waals surface area contributed by atoms with Gasteiger partial charge in [0.05, 0.1) is 6.54 Å². The van der Waals surface area contributed by atoms with Gasteiger partial charge in [0, 0.05) is 44.2 Å². The van der Waals surface area contributed by atoms with Crippen LogP contribution in [-0.2, 0) is 14.9 Å². The summed E-state index contributed by atoms with van der Waals surface area (Å²) in [6.45, 7) is 6.45. The molecular weight excluding hydrogens is 384 g/mol. The lowest BCUT2D eigenvalue weighted by Crippen LogP contribution is -2.43. The number of nitrogens with zero attached hydrogens (tertiary/aromatic N) is 1. The zero-order valence-electron chi connectivity index (χ0n) is 17.7. The van der Waals surface area contributed by atoms with Gasteiger partial charge in [-0.05, 0) is 50.3 Å². The Morgan fingerprint density at radius 1 is 1.10 bits per heavy atom. The third-order valence-electron chi connectivity index (χ3n) is 5.98. The van der Waals surface area contributed by atoms with E-state index in [1.165, 1.54) is 5.56 Å². The van der Waals surface area contributed by atoms with Crippen LogP contribution >= 0.6 is 0 Å². The molecular formula is C22H32N4O4. The molecule has 8 nitrogen and oxygen atoms in total. The maximum absolute atomic E-state index is 11.8. The smallest absolute Gasteiger partial charge is 0.231 e. The number of guanidine groups is 1. The number of aliphatic imine (C=N–C) groups is 1. The van der Waals surface area contributed by atoms with Gasteiger partial charge in [0.25, 0.3) is 0 Å². The van der Waals surface area contributed by atoms with Gasteiger partial charge in [-0.3, -0.25) is 9.79 Å². The molecule has 1 aromatic rings. The van der Waals surface area contributed by atoms with E-state index in [2.05, 4.69) is 28.1 Å². The van der Waals surface area contributed by atoms with E-state index in [0.29, 0.717) is 19.6 Å². The lowest BCUT2D eigenvalue weighted by atomic mass is 9.74. The van der Waals surface area contributed by atoms with Gasteiger partial charge in [0.2, 0.25) is 12.7 Å². The summed E-state index contributed by atoms with van der Waals surface area (Å²) in [6, 6.07) is 6.21. The van der Waals surface area contributed by atoms with Crippen molar-refractivity contribution in [3.63, 3.8) is 0 Å². The highest BCUT2D eigenvalue weighted by atomic mass is 16.7. The van der Waals surface area contributed by atoms with E-state index >= 15 is 0 Å². The van der Waals surface area contributed by atoms with Gasteiger partial charge < -0.3 is 30.2 Å². The van der Waals surface area contributed by atoms with Gasteiger partial charge in [0.1, 0.15) is 0 Å². The maximum Gasteiger partial charge on any atom is 0.231 e. The topological polar surface area (TPSA) is 93.2 Å². The van der Waals surface area contributed by atoms with Crippen LogP contribution < -0.4 is 25.4 Å². The van der Waals surface area contributed by atoms with Crippen molar-refractivity contribution in [1.29, 1.82) is 0 Å². The molecule has 3 N–H and O–H groups in total. The molecule has 2 aliphatic heterocycles. The van der Waals surface area contributed by atoms with Gasteiger partial charge in [-0.2, -0.15) is 0 Å². The number of fused-ring (bicyclic) bond motifs is 1. The van der Waals surface area contributed by atoms with Gasteiger partial charge in [-0.15, -0.1) is 0 Å². The number of hydrogen-bond donors (Lipinski definition) is 3. The summed E-state index contributed by atoms with van der Waals surface area (Å²) in [5.74, 6) is 2.78. The van der Waals surface area contributed by atoms with E-state index in [9.17, 15) is 4.79 Å². The Hall–Kier alpha value is -2.48. The van der Waals surface area contributed by atoms with E-state index < -0.39 is 0 Å². The predicted octanol–water partition coefficient (Wildman–Crippen LogP) is 1.54. The van der Waals surface area contributed by atoms with Gasteiger partial charge in [-0.1, -0.05) is 6.07 Å². The molecule has 4 rings (SSSR count). The van der Waals surface area contributed by atoms with E-state index in [-0.39, 0.29) is 24.0 Å². The molecule has 2 fully saturated rings. The summed E-state index contributed by atoms with van der Waals surface area (Å²) in [5, 5.41) is 9.62. The Labute approximate surface area is 177 Å². The molecule has 0 spiro atoms. The van der Waals surface area contributed by atoms with E-state index in [0.717, 1.165) is 62.9 Å². The highest BCUT2D eigenvalue weighted by Crippen LogP contribution is 2.41. The quantitative estimate of drug-likeness (QED) is 0.338. The third kappa shape index (κ3) is 4.98. The van der Waals surface area contributed by atoms with Crippen molar-refractivity contribution in [1.82, 2.24) is 16.0 Å². The number of ether oxygens (including phenoxy) is 3. The van der Waals surface area contributed by atoms with E-state index in [1.807, 2.05) is 13.0 Å². The van der Waals surface area contributed by atoms with Crippen LogP contribution in [0.15, 0.2) is 23.2 Å². The predicted molar refractivity (Wildman–Crippen MR) is 114 cm³/mol. The zero-order chi connectivity index (χ0) is 20.8. The number of amides is 1. The van der Waals surface area contributed by atoms with E-state index in [1.54, 1.807) is 0 Å². The molecule has 1 saturated carbocycles. The van der Waals surface area contributed by atoms with Crippen molar-refractivity contribution < 1.29 is 19.0 Å². The molecule has 8 heteroatoms. The molecule has 0 aromatic heterocycles. The molecule has 1 saturated heterocycles. The Morgan fingerprint density at radius 2 is 1.87 bits per heavy atom. The first-order chi connectivity index (χ1) is 14.7. The van der Waals surface area contributed by atoms with E-state index in [4.69, 9.17) is 19.2 Å². The second-order valence-corrected chi connectivity index (χ2v) is 8.15. The monoisotopic (exact) mass is 416 g/mol. The molecule has 0 bridgehead atoms. The average molecular weight is 417 g/mol. The molecule has 164 valence electrons. The van der Waals surface area contributed by atoms with Crippen LogP contribution in [0.4, 0.5) is 0 Å². The SMILES string of the molecule is CCNC(=NCC1(c2ccc3c(c2)OCO3)CCOCC1)NCCNC(=O)C1CC1. The molecule has 0 unspecified atom stereocenters. The first-order valence-corrected chi connectivity index (χ1v) is 11.0. The Morgan fingerprint density at radius 3 is 2.63 bits per heavy atom. The van der Waals surface area contributed by atoms with Crippen LogP contribution in [-0.4, -0.2) is 58.1 Å². The first-order valence-electron chi connectivity index (χ1n) is 11.0. The minimum atomic E-state index is -0.0955. The summed E-state index contributed by atoms with van der Waals surface area (Å²) in [6.07, 6.45) is 3.87. The van der Waals surface area contributed by atoms with Crippen LogP contribution in [0.2, 0.25) is 0 Å². The van der Waals surface area contributed by atoms with Gasteiger partial charge >= 0.3 is 0 Å². The molecule has 30 heavy (non-hydrogen) atoms. The fourth-order valence-corrected chi connectivity index (χ4v) is 3.96. The average Bonchev–Trinajstić information content (AvgIpc) is 3.52. The first kappa shape index (κ1) is 20.8. The zero-order valence-corrected chi connectivity index (χ0v) is 17.7. The minimum Gasteiger partial charge on any atom is -0.454 e. The van der Waals surface area contributed by atoms with Gasteiger partial charge in [0.15, 0.2) is 17.5 Å². The fourth-order valence-electron chi connectivity index (χ4n) is 3.96. The molecule has 3 aliphatic rings. The summed E-state index contributed by atoms with van der Waals surface area (Å²) in [4.78, 5) is 16.7. The summed E-state index contributed by atoms with van der Waals surface area (Å²) in [5.41, 5.74) is 1.12. The normalized spacial score (nSPS) is 20.0. The van der Waals surface area contributed by atoms with Crippen molar-refractivity contribution in [2.24, 2.45) is 10.9 Å². The van der Waals surface area contributed by atoms with Crippen molar-refractivity contribution in [2.75, 3.05) is 46.2 Å². The Balaban J connectivity index is 1.41. The van der Waals surface area contributed by atoms with Gasteiger partial charge in [-0.25, -0.2) is 0 Å². The Kier molecular flexibility index (Phi) is 6.62. The lowest BCUT2D eigenvalue weighted by Gasteiger charge is -2.36. The number of rotatable bonds is 8. The number of hydrogen-bond acceptors (Lipinski definition) is 5. The largest absolute Gasteiger partial charge is 0.454 e. The van der Waals surface area contributed by atoms with Crippen LogP contribution in [0.25, 0.3) is 0 Å². The van der Waals surface area contributed by atoms with Crippen molar-refractivity contribution in [3.05, 3.63) is 23.8 Å². The molecule has 0 radical (unpaired) electrons. The molecule has 1 aromatic carbocycles. The number of nitrogens with one attached hydrogen (secondary N) is 3. The number of benzene rings is 1. The van der Waals surface area contributed by atoms with Crippen LogP contribution in [0.5, 0.6) is 11.5 Å². The highest BCUT2D eigenvalue weighted by molar-refractivity contribution is 5.81.